The van der Waals surface area contributed by atoms with E-state index in [2.05, 4.69) is 25.7 Å². The topological polar surface area (TPSA) is 253 Å². The highest BCUT2D eigenvalue weighted by molar-refractivity contribution is 6.36. The van der Waals surface area contributed by atoms with Crippen LogP contribution in [0.15, 0.2) is 90.2 Å². The number of nitrogen functional groups attached to an aromatic ring is 1. The van der Waals surface area contributed by atoms with Gasteiger partial charge in [-0.3, -0.25) is 14.6 Å². The first-order valence-corrected chi connectivity index (χ1v) is 27.2. The highest BCUT2D eigenvalue weighted by Gasteiger charge is 2.44. The third kappa shape index (κ3) is 11.8. The second-order valence-electron chi connectivity index (χ2n) is 21.2. The number of aliphatic hydroxyl groups is 1. The third-order valence-electron chi connectivity index (χ3n) is 15.7. The minimum Gasteiger partial charge on any atom is -0.486 e. The lowest BCUT2D eigenvalue weighted by molar-refractivity contribution is -0.491. The van der Waals surface area contributed by atoms with Gasteiger partial charge in [-0.1, -0.05) is 68.4 Å². The highest BCUT2D eigenvalue weighted by Crippen LogP contribution is 2.51. The van der Waals surface area contributed by atoms with Gasteiger partial charge in [-0.05, 0) is 67.1 Å². The van der Waals surface area contributed by atoms with Crippen molar-refractivity contribution in [1.82, 2.24) is 30.5 Å². The molecule has 4 aliphatic rings. The Hall–Kier alpha value is -8.08. The molecule has 5 atom stereocenters. The monoisotopic (exact) mass is 1110 g/mol. The number of aromatic nitrogens is 3. The Labute approximate surface area is 465 Å². The van der Waals surface area contributed by atoms with Gasteiger partial charge in [-0.2, -0.15) is 28.2 Å². The Bertz CT molecular complexity index is 3360. The fraction of sp³-hybridized carbons (Fsp3) is 0.390. The van der Waals surface area contributed by atoms with Crippen molar-refractivity contribution in [2.24, 2.45) is 16.9 Å². The minimum atomic E-state index is -5.04. The molecular weight excluding hydrogens is 1050 g/mol. The third-order valence-corrected chi connectivity index (χ3v) is 15.7. The van der Waals surface area contributed by atoms with E-state index in [1.165, 1.54) is 13.1 Å². The fourth-order valence-corrected chi connectivity index (χ4v) is 11.4. The van der Waals surface area contributed by atoms with Crippen LogP contribution in [0.2, 0.25) is 0 Å². The molecule has 6 heterocycles. The van der Waals surface area contributed by atoms with E-state index in [0.717, 1.165) is 36.0 Å². The first-order valence-electron chi connectivity index (χ1n) is 27.2. The highest BCUT2D eigenvalue weighted by atomic mass is 19.4. The second kappa shape index (κ2) is 23.9. The molecule has 2 bridgehead atoms. The number of hydrogen-bond donors (Lipinski definition) is 7. The maximum absolute atomic E-state index is 15.8. The van der Waals surface area contributed by atoms with Gasteiger partial charge in [-0.15, -0.1) is 0 Å². The first kappa shape index (κ1) is 56.2. The smallest absolute Gasteiger partial charge is 0.417 e. The number of nitrogens with two attached hydrogens (primary N) is 2. The van der Waals surface area contributed by atoms with Crippen LogP contribution in [0, 0.1) is 24.1 Å². The number of nitrogens with one attached hydrogen (secondary N) is 4. The quantitative estimate of drug-likeness (QED) is 0.0178. The summed E-state index contributed by atoms with van der Waals surface area (Å²) in [5.41, 5.74) is 7.33. The number of carbonyl (C=O) groups excluding carboxylic acids is 2. The Morgan fingerprint density at radius 2 is 1.81 bits per heavy atom. The predicted octanol–water partition coefficient (Wildman–Crippen LogP) is 5.77. The van der Waals surface area contributed by atoms with Crippen molar-refractivity contribution in [3.05, 3.63) is 124 Å². The molecule has 0 spiro atoms. The number of pyridine rings is 1. The average Bonchev–Trinajstić information content (AvgIpc) is 4.40. The molecule has 4 saturated heterocycles. The molecule has 0 aliphatic carbocycles. The average molecular weight is 1110 g/mol. The molecule has 81 heavy (non-hydrogen) atoms. The van der Waals surface area contributed by atoms with E-state index >= 15 is 17.6 Å². The largest absolute Gasteiger partial charge is 0.486 e. The van der Waals surface area contributed by atoms with E-state index in [1.54, 1.807) is 35.4 Å². The molecule has 6 aromatic rings. The number of benzene rings is 4. The fourth-order valence-electron chi connectivity index (χ4n) is 11.4. The van der Waals surface area contributed by atoms with E-state index in [-0.39, 0.29) is 106 Å². The lowest BCUT2D eigenvalue weighted by atomic mass is 9.88. The number of ether oxygens (including phenoxy) is 3. The molecule has 0 unspecified atom stereocenters. The molecule has 4 fully saturated rings. The van der Waals surface area contributed by atoms with Gasteiger partial charge in [-0.25, -0.2) is 9.38 Å². The maximum atomic E-state index is 15.8. The van der Waals surface area contributed by atoms with Crippen LogP contribution in [-0.2, 0) is 27.1 Å². The maximum Gasteiger partial charge on any atom is 0.417 e. The summed E-state index contributed by atoms with van der Waals surface area (Å²) in [7, 11) is 0. The summed E-state index contributed by atoms with van der Waals surface area (Å²) < 4.78 is 81.9. The summed E-state index contributed by atoms with van der Waals surface area (Å²) in [5.74, 6) is 4.04. The van der Waals surface area contributed by atoms with Gasteiger partial charge in [0.1, 0.15) is 35.9 Å². The van der Waals surface area contributed by atoms with Crippen LogP contribution in [-0.4, -0.2) is 125 Å². The van der Waals surface area contributed by atoms with Gasteiger partial charge < -0.3 is 56.7 Å². The zero-order chi connectivity index (χ0) is 57.1. The standard InChI is InChI=1S/C59H64F4N12O6/c1-32(2)52(57(78)74-20-6-8-49(74)56(77)70-48(30-76)37-15-13-35(14-16-37)46-7-4-5-19-67-46)69-28-47(73-66)36-11-9-34(10-12-36)31-80-54-51(50-33(3)44(60)25-45(65)42(50)26-64)43(59(61,62)63)24-41-53(54)71-58(81-40-17-21-79-22-18-40)72-55(41)75-29-38-23-39(75)27-68-38/h4-5,7,9-16,19,24-26,28,32,38-40,48-49,52,64,68,76H,6,8,17-18,20-23,27,29-31,65-66H2,1-3H3,(H,70,77)/p+1/b64-26?,69-28?,73-47+/t38-,39-,48-,49-,52-/m0/s1. The van der Waals surface area contributed by atoms with Gasteiger partial charge >= 0.3 is 12.2 Å². The van der Waals surface area contributed by atoms with Crippen LogP contribution in [0.1, 0.15) is 85.4 Å². The minimum absolute atomic E-state index is 0.0126. The van der Waals surface area contributed by atoms with Gasteiger partial charge in [0.05, 0.1) is 37.1 Å². The van der Waals surface area contributed by atoms with Gasteiger partial charge in [0.25, 0.3) is 5.91 Å². The SMILES string of the molecule is Cc1c(F)cc(N)c(C=N)c1-c1c(C(F)(F)F)cc2c(N3C[C@@H]4C[C@H]3CN4)nc(OC3CCOCC3)nc2c1OCc1ccc(/C(C=[NH+][C@H](C(=O)N2CCC[C@H]2C(=O)N[C@@H](CO)c2ccc(-c3ccccn3)cc2)C(C)C)=N/N)cc1. The van der Waals surface area contributed by atoms with E-state index in [0.29, 0.717) is 75.2 Å². The number of piperazine rings is 1. The lowest BCUT2D eigenvalue weighted by Crippen LogP contribution is -2.83. The van der Waals surface area contributed by atoms with Crippen LogP contribution in [0.5, 0.6) is 11.8 Å². The van der Waals surface area contributed by atoms with Crippen molar-refractivity contribution < 1.29 is 51.5 Å². The number of hydrazone groups is 1. The van der Waals surface area contributed by atoms with E-state index in [9.17, 15) is 14.7 Å². The number of nitrogens with zero attached hydrogens (tertiary/aromatic N) is 6. The number of rotatable bonds is 18. The molecule has 2 amide bonds. The van der Waals surface area contributed by atoms with Crippen molar-refractivity contribution in [1.29, 1.82) is 5.41 Å². The predicted molar refractivity (Wildman–Crippen MR) is 299 cm³/mol. The van der Waals surface area contributed by atoms with Crippen LogP contribution in [0.25, 0.3) is 33.3 Å². The number of anilines is 2. The molecule has 0 radical (unpaired) electrons. The number of fused-ring (bicyclic) bond motifs is 3. The Morgan fingerprint density at radius 1 is 1.05 bits per heavy atom. The Balaban J connectivity index is 0.929. The number of carbonyl (C=O) groups is 2. The number of aliphatic hydroxyl groups excluding tert-OH is 1. The van der Waals surface area contributed by atoms with Crippen LogP contribution in [0.3, 0.4) is 0 Å². The Morgan fingerprint density at radius 3 is 2.46 bits per heavy atom. The number of hydrogen-bond acceptors (Lipinski definition) is 15. The summed E-state index contributed by atoms with van der Waals surface area (Å²) in [6.45, 7) is 6.70. The molecule has 4 aromatic carbocycles. The number of likely N-dealkylation sites (tertiary alicyclic amines) is 1. The van der Waals surface area contributed by atoms with E-state index in [4.69, 9.17) is 41.2 Å². The number of alkyl halides is 3. The van der Waals surface area contributed by atoms with Crippen molar-refractivity contribution in [2.75, 3.05) is 50.1 Å². The zero-order valence-corrected chi connectivity index (χ0v) is 45.1. The lowest BCUT2D eigenvalue weighted by Gasteiger charge is -2.31. The number of halogens is 4. The van der Waals surface area contributed by atoms with Gasteiger partial charge in [0.15, 0.2) is 17.7 Å². The number of amides is 2. The summed E-state index contributed by atoms with van der Waals surface area (Å²) in [5, 5.41) is 29.1. The molecule has 10 rings (SSSR count). The van der Waals surface area contributed by atoms with Gasteiger partial charge in [0, 0.05) is 102 Å². The van der Waals surface area contributed by atoms with Crippen LogP contribution >= 0.6 is 0 Å². The van der Waals surface area contributed by atoms with Crippen molar-refractivity contribution >= 4 is 52.4 Å². The summed E-state index contributed by atoms with van der Waals surface area (Å²) in [6, 6.07) is 19.4. The molecule has 9 N–H and O–H groups in total. The Kier molecular flexibility index (Phi) is 16.6. The summed E-state index contributed by atoms with van der Waals surface area (Å²) in [6.07, 6.45) is 1.51. The first-order chi connectivity index (χ1) is 39.0. The molecular formula is C59H65F4N12O6+. The molecule has 22 heteroatoms. The second-order valence-corrected chi connectivity index (χ2v) is 21.2. The summed E-state index contributed by atoms with van der Waals surface area (Å²) in [4.78, 5) is 49.0. The van der Waals surface area contributed by atoms with Crippen LogP contribution < -0.4 is 41.6 Å². The zero-order valence-electron chi connectivity index (χ0n) is 45.1. The van der Waals surface area contributed by atoms with Crippen molar-refractivity contribution in [2.45, 2.75) is 102 Å². The normalized spacial score (nSPS) is 19.4. The molecule has 0 saturated carbocycles. The molecule has 4 aliphatic heterocycles. The van der Waals surface area contributed by atoms with Gasteiger partial charge in [0.2, 0.25) is 11.9 Å². The van der Waals surface area contributed by atoms with Crippen molar-refractivity contribution in [3.8, 4) is 34.1 Å². The van der Waals surface area contributed by atoms with E-state index in [1.807, 2.05) is 61.2 Å². The molecule has 2 aromatic heterocycles. The molecule has 424 valence electrons. The molecule has 18 nitrogen and oxygen atoms in total. The summed E-state index contributed by atoms with van der Waals surface area (Å²) >= 11 is 0. The van der Waals surface area contributed by atoms with Crippen LogP contribution in [0.4, 0.5) is 29.1 Å². The van der Waals surface area contributed by atoms with E-state index < -0.39 is 41.2 Å². The van der Waals surface area contributed by atoms with Crippen molar-refractivity contribution in [3.63, 3.8) is 0 Å².